The van der Waals surface area contributed by atoms with E-state index in [1.54, 1.807) is 0 Å². The summed E-state index contributed by atoms with van der Waals surface area (Å²) in [5.74, 6) is 0.848. The lowest BCUT2D eigenvalue weighted by atomic mass is 10.0. The lowest BCUT2D eigenvalue weighted by Crippen LogP contribution is -2.23. The van der Waals surface area contributed by atoms with E-state index >= 15 is 0 Å². The minimum atomic E-state index is -0.432. The quantitative estimate of drug-likeness (QED) is 0.891. The molecule has 0 bridgehead atoms. The van der Waals surface area contributed by atoms with E-state index in [-0.39, 0.29) is 6.04 Å². The third kappa shape index (κ3) is 3.44. The summed E-state index contributed by atoms with van der Waals surface area (Å²) in [6.45, 7) is 4.40. The van der Waals surface area contributed by atoms with Crippen molar-refractivity contribution in [1.29, 1.82) is 0 Å². The lowest BCUT2D eigenvalue weighted by Gasteiger charge is -2.18. The first kappa shape index (κ1) is 15.6. The van der Waals surface area contributed by atoms with Gasteiger partial charge in [0.15, 0.2) is 0 Å². The van der Waals surface area contributed by atoms with Gasteiger partial charge in [-0.2, -0.15) is 0 Å². The van der Waals surface area contributed by atoms with Crippen molar-refractivity contribution in [2.24, 2.45) is 7.05 Å². The summed E-state index contributed by atoms with van der Waals surface area (Å²) >= 11 is 0. The molecule has 4 nitrogen and oxygen atoms in total. The Bertz CT molecular complexity index is 610. The first-order valence-electron chi connectivity index (χ1n) is 7.12. The van der Waals surface area contributed by atoms with Crippen LogP contribution in [-0.4, -0.2) is 14.8 Å². The number of hydrogen-bond acceptors (Lipinski definition) is 3. The van der Waals surface area contributed by atoms with Crippen molar-refractivity contribution in [1.82, 2.24) is 20.1 Å². The van der Waals surface area contributed by atoms with E-state index in [9.17, 15) is 8.78 Å². The predicted molar refractivity (Wildman–Crippen MR) is 76.6 cm³/mol. The van der Waals surface area contributed by atoms with Crippen LogP contribution in [0.2, 0.25) is 0 Å². The summed E-state index contributed by atoms with van der Waals surface area (Å²) in [5, 5.41) is 11.4. The number of aryl methyl sites for hydroxylation is 1. The van der Waals surface area contributed by atoms with Crippen LogP contribution in [0.25, 0.3) is 0 Å². The Morgan fingerprint density at radius 1 is 1.19 bits per heavy atom. The maximum atomic E-state index is 13.8. The van der Waals surface area contributed by atoms with Crippen molar-refractivity contribution in [2.45, 2.75) is 39.3 Å². The highest BCUT2D eigenvalue weighted by Gasteiger charge is 2.16. The fourth-order valence-electron chi connectivity index (χ4n) is 2.33. The molecular formula is C15H20F2N4. The van der Waals surface area contributed by atoms with E-state index in [1.807, 2.05) is 25.5 Å². The summed E-state index contributed by atoms with van der Waals surface area (Å²) < 4.78 is 29.0. The third-order valence-corrected chi connectivity index (χ3v) is 3.62. The molecule has 1 aromatic heterocycles. The van der Waals surface area contributed by atoms with Gasteiger partial charge in [-0.15, -0.1) is 10.2 Å². The van der Waals surface area contributed by atoms with E-state index in [4.69, 9.17) is 0 Å². The van der Waals surface area contributed by atoms with Crippen LogP contribution >= 0.6 is 0 Å². The molecule has 0 amide bonds. The van der Waals surface area contributed by atoms with Gasteiger partial charge in [-0.1, -0.05) is 13.8 Å². The highest BCUT2D eigenvalue weighted by molar-refractivity contribution is 5.22. The Morgan fingerprint density at radius 2 is 1.90 bits per heavy atom. The van der Waals surface area contributed by atoms with Crippen LogP contribution in [0.5, 0.6) is 0 Å². The second-order valence-electron chi connectivity index (χ2n) is 4.95. The normalized spacial score (nSPS) is 12.6. The molecule has 0 aliphatic heterocycles. The van der Waals surface area contributed by atoms with Crippen molar-refractivity contribution in [3.8, 4) is 0 Å². The first-order chi connectivity index (χ1) is 10.1. The summed E-state index contributed by atoms with van der Waals surface area (Å²) in [5.41, 5.74) is 0.343. The van der Waals surface area contributed by atoms with Crippen LogP contribution in [0, 0.1) is 11.6 Å². The fraction of sp³-hybridized carbons (Fsp3) is 0.467. The molecule has 114 valence electrons. The van der Waals surface area contributed by atoms with Gasteiger partial charge in [-0.3, -0.25) is 0 Å². The van der Waals surface area contributed by atoms with Gasteiger partial charge < -0.3 is 9.88 Å². The van der Waals surface area contributed by atoms with Crippen molar-refractivity contribution in [2.75, 3.05) is 0 Å². The van der Waals surface area contributed by atoms with Crippen LogP contribution in [-0.2, 0) is 20.0 Å². The molecule has 0 fully saturated rings. The number of rotatable bonds is 6. The molecule has 2 rings (SSSR count). The maximum absolute atomic E-state index is 13.8. The van der Waals surface area contributed by atoms with Gasteiger partial charge in [0.05, 0.1) is 6.54 Å². The van der Waals surface area contributed by atoms with E-state index < -0.39 is 11.6 Å². The van der Waals surface area contributed by atoms with E-state index in [0.29, 0.717) is 18.5 Å². The molecule has 0 aliphatic rings. The van der Waals surface area contributed by atoms with Gasteiger partial charge in [0, 0.05) is 25.1 Å². The zero-order chi connectivity index (χ0) is 15.4. The minimum Gasteiger partial charge on any atom is -0.317 e. The van der Waals surface area contributed by atoms with Crippen molar-refractivity contribution < 1.29 is 8.78 Å². The zero-order valence-corrected chi connectivity index (χ0v) is 12.5. The number of hydrogen-bond donors (Lipinski definition) is 1. The zero-order valence-electron chi connectivity index (χ0n) is 12.5. The number of nitrogens with one attached hydrogen (secondary N) is 1. The second kappa shape index (κ2) is 6.76. The number of aromatic nitrogens is 3. The molecule has 0 spiro atoms. The highest BCUT2D eigenvalue weighted by Crippen LogP contribution is 2.21. The van der Waals surface area contributed by atoms with Crippen molar-refractivity contribution >= 4 is 0 Å². The largest absolute Gasteiger partial charge is 0.317 e. The van der Waals surface area contributed by atoms with Gasteiger partial charge >= 0.3 is 0 Å². The fourth-order valence-corrected chi connectivity index (χ4v) is 2.33. The monoisotopic (exact) mass is 294 g/mol. The number of nitrogens with zero attached hydrogens (tertiary/aromatic N) is 3. The Labute approximate surface area is 123 Å². The summed E-state index contributed by atoms with van der Waals surface area (Å²) in [7, 11) is 1.90. The molecule has 0 saturated carbocycles. The van der Waals surface area contributed by atoms with Crippen LogP contribution in [0.3, 0.4) is 0 Å². The van der Waals surface area contributed by atoms with E-state index in [2.05, 4.69) is 15.5 Å². The van der Waals surface area contributed by atoms with E-state index in [0.717, 1.165) is 30.2 Å². The molecule has 0 saturated heterocycles. The number of halogens is 2. The van der Waals surface area contributed by atoms with Crippen molar-refractivity contribution in [3.05, 3.63) is 47.0 Å². The van der Waals surface area contributed by atoms with Crippen LogP contribution in [0.15, 0.2) is 18.2 Å². The topological polar surface area (TPSA) is 42.7 Å². The van der Waals surface area contributed by atoms with Gasteiger partial charge in [-0.25, -0.2) is 8.78 Å². The molecular weight excluding hydrogens is 274 g/mol. The second-order valence-corrected chi connectivity index (χ2v) is 4.95. The maximum Gasteiger partial charge on any atom is 0.146 e. The van der Waals surface area contributed by atoms with Gasteiger partial charge in [0.1, 0.15) is 23.3 Å². The average molecular weight is 294 g/mol. The number of benzene rings is 1. The standard InChI is InChI=1S/C15H20F2N4/c1-4-13(11-8-10(16)6-7-12(11)17)18-9-15-20-19-14(5-2)21(15)3/h6-8,13,18H,4-5,9H2,1-3H3/t13-/m1/s1. The summed E-state index contributed by atoms with van der Waals surface area (Å²) in [6, 6.07) is 3.27. The van der Waals surface area contributed by atoms with Gasteiger partial charge in [0.25, 0.3) is 0 Å². The Kier molecular flexibility index (Phi) is 5.01. The minimum absolute atomic E-state index is 0.262. The molecule has 0 radical (unpaired) electrons. The summed E-state index contributed by atoms with van der Waals surface area (Å²) in [4.78, 5) is 0. The Hall–Kier alpha value is -1.82. The molecule has 1 aromatic carbocycles. The van der Waals surface area contributed by atoms with Gasteiger partial charge in [-0.05, 0) is 24.6 Å². The molecule has 1 atom stereocenters. The molecule has 21 heavy (non-hydrogen) atoms. The van der Waals surface area contributed by atoms with Crippen molar-refractivity contribution in [3.63, 3.8) is 0 Å². The Morgan fingerprint density at radius 3 is 2.52 bits per heavy atom. The van der Waals surface area contributed by atoms with Crippen LogP contribution in [0.4, 0.5) is 8.78 Å². The van der Waals surface area contributed by atoms with E-state index in [1.165, 1.54) is 6.07 Å². The third-order valence-electron chi connectivity index (χ3n) is 3.62. The molecule has 2 aromatic rings. The molecule has 1 N–H and O–H groups in total. The molecule has 6 heteroatoms. The summed E-state index contributed by atoms with van der Waals surface area (Å²) in [6.07, 6.45) is 1.46. The van der Waals surface area contributed by atoms with Crippen LogP contribution < -0.4 is 5.32 Å². The predicted octanol–water partition coefficient (Wildman–Crippen LogP) is 2.90. The van der Waals surface area contributed by atoms with Crippen LogP contribution in [0.1, 0.15) is 43.5 Å². The van der Waals surface area contributed by atoms with Gasteiger partial charge in [0.2, 0.25) is 0 Å². The smallest absolute Gasteiger partial charge is 0.146 e. The average Bonchev–Trinajstić information content (AvgIpc) is 2.83. The molecule has 0 unspecified atom stereocenters. The highest BCUT2D eigenvalue weighted by atomic mass is 19.1. The SMILES string of the molecule is CCc1nnc(CN[C@H](CC)c2cc(F)ccc2F)n1C. The lowest BCUT2D eigenvalue weighted by molar-refractivity contribution is 0.470. The Balaban J connectivity index is 2.12. The molecule has 0 aliphatic carbocycles. The molecule has 1 heterocycles. The first-order valence-corrected chi connectivity index (χ1v) is 7.12.